The second kappa shape index (κ2) is 3.18. The van der Waals surface area contributed by atoms with Gasteiger partial charge in [-0.3, -0.25) is 4.99 Å². The molecule has 0 aliphatic carbocycles. The number of nitrogens with zero attached hydrogens (tertiary/aromatic N) is 3. The van der Waals surface area contributed by atoms with Gasteiger partial charge in [0, 0.05) is 14.1 Å². The fraction of sp³-hybridized carbons (Fsp3) is 0.429. The van der Waals surface area contributed by atoms with E-state index in [1.54, 1.807) is 19.6 Å². The topological polar surface area (TPSA) is 44.3 Å². The van der Waals surface area contributed by atoms with Crippen LogP contribution in [-0.4, -0.2) is 30.4 Å². The van der Waals surface area contributed by atoms with Crippen LogP contribution >= 0.6 is 0 Å². The maximum absolute atomic E-state index is 4.06. The minimum Gasteiger partial charge on any atom is -0.329 e. The zero-order chi connectivity index (χ0) is 8.27. The van der Waals surface area contributed by atoms with E-state index in [1.807, 2.05) is 18.9 Å². The van der Waals surface area contributed by atoms with Crippen molar-refractivity contribution in [3.05, 3.63) is 12.0 Å². The van der Waals surface area contributed by atoms with Gasteiger partial charge in [-0.25, -0.2) is 4.98 Å². The maximum Gasteiger partial charge on any atom is 0.130 e. The van der Waals surface area contributed by atoms with Crippen LogP contribution in [0.25, 0.3) is 0 Å². The Hall–Kier alpha value is -1.32. The monoisotopic (exact) mass is 152 g/mol. The number of anilines is 1. The summed E-state index contributed by atoms with van der Waals surface area (Å²) in [5.41, 5.74) is 0. The van der Waals surface area contributed by atoms with Crippen molar-refractivity contribution >= 4 is 12.2 Å². The predicted molar refractivity (Wildman–Crippen MR) is 46.1 cm³/mol. The van der Waals surface area contributed by atoms with Crippen LogP contribution in [0.1, 0.15) is 5.82 Å². The Kier molecular flexibility index (Phi) is 2.25. The van der Waals surface area contributed by atoms with Crippen LogP contribution in [0.4, 0.5) is 5.82 Å². The summed E-state index contributed by atoms with van der Waals surface area (Å²) >= 11 is 0. The van der Waals surface area contributed by atoms with E-state index in [4.69, 9.17) is 0 Å². The normalized spacial score (nSPS) is 10.8. The number of H-pyrrole nitrogens is 1. The van der Waals surface area contributed by atoms with Crippen molar-refractivity contribution in [3.63, 3.8) is 0 Å². The van der Waals surface area contributed by atoms with Gasteiger partial charge < -0.3 is 9.88 Å². The highest BCUT2D eigenvalue weighted by Gasteiger charge is 1.98. The summed E-state index contributed by atoms with van der Waals surface area (Å²) in [5, 5.41) is 0. The molecule has 1 rings (SSSR count). The van der Waals surface area contributed by atoms with Crippen molar-refractivity contribution < 1.29 is 0 Å². The first kappa shape index (κ1) is 7.78. The van der Waals surface area contributed by atoms with Crippen LogP contribution in [-0.2, 0) is 0 Å². The molecule has 0 saturated heterocycles. The fourth-order valence-electron chi connectivity index (χ4n) is 0.823. The lowest BCUT2D eigenvalue weighted by Gasteiger charge is -2.07. The Morgan fingerprint density at radius 2 is 2.45 bits per heavy atom. The standard InChI is InChI=1S/C7H12N4/c1-6-9-4-7(10-6)11(3)5-8-2/h4-5H,1-3H3,(H,9,10). The van der Waals surface area contributed by atoms with E-state index in [9.17, 15) is 0 Å². The molecule has 4 heteroatoms. The first-order valence-corrected chi connectivity index (χ1v) is 3.40. The van der Waals surface area contributed by atoms with Crippen LogP contribution in [0.2, 0.25) is 0 Å². The zero-order valence-corrected chi connectivity index (χ0v) is 7.00. The second-order valence-corrected chi connectivity index (χ2v) is 2.34. The number of rotatable bonds is 2. The van der Waals surface area contributed by atoms with Crippen molar-refractivity contribution in [1.82, 2.24) is 9.97 Å². The highest BCUT2D eigenvalue weighted by atomic mass is 15.2. The highest BCUT2D eigenvalue weighted by molar-refractivity contribution is 5.75. The van der Waals surface area contributed by atoms with Crippen molar-refractivity contribution in [3.8, 4) is 0 Å². The highest BCUT2D eigenvalue weighted by Crippen LogP contribution is 2.05. The molecule has 1 aromatic heterocycles. The molecule has 0 saturated carbocycles. The Bertz CT molecular complexity index is 251. The smallest absolute Gasteiger partial charge is 0.130 e. The molecule has 1 N–H and O–H groups in total. The number of aromatic nitrogens is 2. The summed E-state index contributed by atoms with van der Waals surface area (Å²) in [6.07, 6.45) is 3.50. The molecule has 0 spiro atoms. The van der Waals surface area contributed by atoms with E-state index in [0.717, 1.165) is 11.6 Å². The summed E-state index contributed by atoms with van der Waals surface area (Å²) in [6.45, 7) is 1.92. The Balaban J connectivity index is 2.76. The molecule has 0 bridgehead atoms. The van der Waals surface area contributed by atoms with Gasteiger partial charge in [0.05, 0.1) is 12.5 Å². The van der Waals surface area contributed by atoms with Gasteiger partial charge in [-0.2, -0.15) is 0 Å². The number of hydrogen-bond acceptors (Lipinski definition) is 2. The van der Waals surface area contributed by atoms with Gasteiger partial charge >= 0.3 is 0 Å². The first-order chi connectivity index (χ1) is 5.24. The molecule has 1 aromatic rings. The van der Waals surface area contributed by atoms with Gasteiger partial charge in [0.25, 0.3) is 0 Å². The molecule has 11 heavy (non-hydrogen) atoms. The van der Waals surface area contributed by atoms with Crippen LogP contribution < -0.4 is 4.90 Å². The average Bonchev–Trinajstić information content (AvgIpc) is 2.36. The molecule has 0 aromatic carbocycles. The third-order valence-corrected chi connectivity index (χ3v) is 1.36. The van der Waals surface area contributed by atoms with Crippen LogP contribution in [0.3, 0.4) is 0 Å². The molecule has 0 aliphatic rings. The van der Waals surface area contributed by atoms with E-state index >= 15 is 0 Å². The van der Waals surface area contributed by atoms with Gasteiger partial charge in [-0.15, -0.1) is 0 Å². The summed E-state index contributed by atoms with van der Waals surface area (Å²) < 4.78 is 0. The second-order valence-electron chi connectivity index (χ2n) is 2.34. The molecule has 1 heterocycles. The van der Waals surface area contributed by atoms with E-state index in [2.05, 4.69) is 15.0 Å². The van der Waals surface area contributed by atoms with E-state index in [0.29, 0.717) is 0 Å². The van der Waals surface area contributed by atoms with Crippen molar-refractivity contribution in [2.24, 2.45) is 4.99 Å². The lowest BCUT2D eigenvalue weighted by molar-refractivity contribution is 1.13. The molecule has 0 atom stereocenters. The Morgan fingerprint density at radius 1 is 1.73 bits per heavy atom. The molecule has 60 valence electrons. The van der Waals surface area contributed by atoms with E-state index in [1.165, 1.54) is 0 Å². The molecule has 0 unspecified atom stereocenters. The molecule has 0 aliphatic heterocycles. The Morgan fingerprint density at radius 3 is 2.91 bits per heavy atom. The lowest BCUT2D eigenvalue weighted by atomic mass is 10.7. The van der Waals surface area contributed by atoms with E-state index in [-0.39, 0.29) is 0 Å². The van der Waals surface area contributed by atoms with Crippen LogP contribution in [0.5, 0.6) is 0 Å². The molecule has 0 amide bonds. The van der Waals surface area contributed by atoms with Crippen molar-refractivity contribution in [1.29, 1.82) is 0 Å². The predicted octanol–water partition coefficient (Wildman–Crippen LogP) is 0.812. The molecule has 0 fully saturated rings. The minimum absolute atomic E-state index is 0.913. The molecular weight excluding hydrogens is 140 g/mol. The zero-order valence-electron chi connectivity index (χ0n) is 7.00. The largest absolute Gasteiger partial charge is 0.329 e. The fourth-order valence-corrected chi connectivity index (χ4v) is 0.823. The summed E-state index contributed by atoms with van der Waals surface area (Å²) in [4.78, 5) is 12.9. The lowest BCUT2D eigenvalue weighted by Crippen LogP contribution is -2.14. The number of imidazole rings is 1. The maximum atomic E-state index is 4.06. The summed E-state index contributed by atoms with van der Waals surface area (Å²) in [7, 11) is 3.65. The third kappa shape index (κ3) is 1.80. The molecule has 4 nitrogen and oxygen atoms in total. The van der Waals surface area contributed by atoms with Gasteiger partial charge in [0.15, 0.2) is 0 Å². The number of nitrogens with one attached hydrogen (secondary N) is 1. The quantitative estimate of drug-likeness (QED) is 0.503. The van der Waals surface area contributed by atoms with Gasteiger partial charge in [0.2, 0.25) is 0 Å². The Labute approximate surface area is 66.0 Å². The van der Waals surface area contributed by atoms with Gasteiger partial charge in [0.1, 0.15) is 11.6 Å². The van der Waals surface area contributed by atoms with Crippen molar-refractivity contribution in [2.45, 2.75) is 6.92 Å². The van der Waals surface area contributed by atoms with Gasteiger partial charge in [-0.05, 0) is 6.92 Å². The number of hydrogen-bond donors (Lipinski definition) is 1. The SMILES string of the molecule is CN=CN(C)c1cnc(C)[nH]1. The summed E-state index contributed by atoms with van der Waals surface area (Å²) in [6, 6.07) is 0. The average molecular weight is 152 g/mol. The molecule has 0 radical (unpaired) electrons. The van der Waals surface area contributed by atoms with E-state index < -0.39 is 0 Å². The third-order valence-electron chi connectivity index (χ3n) is 1.36. The first-order valence-electron chi connectivity index (χ1n) is 3.40. The summed E-state index contributed by atoms with van der Waals surface area (Å²) in [5.74, 6) is 1.87. The van der Waals surface area contributed by atoms with Crippen LogP contribution in [0, 0.1) is 6.92 Å². The van der Waals surface area contributed by atoms with Crippen LogP contribution in [0.15, 0.2) is 11.2 Å². The number of aliphatic imine (C=N–C) groups is 1. The number of aromatic amines is 1. The minimum atomic E-state index is 0.913. The van der Waals surface area contributed by atoms with Crippen molar-refractivity contribution in [2.75, 3.05) is 19.0 Å². The van der Waals surface area contributed by atoms with Gasteiger partial charge in [-0.1, -0.05) is 0 Å². The number of aryl methyl sites for hydroxylation is 1. The molecular formula is C7H12N4.